The van der Waals surface area contributed by atoms with Gasteiger partial charge in [0, 0.05) is 11.6 Å². The lowest BCUT2D eigenvalue weighted by Crippen LogP contribution is -2.02. The molecule has 74 valence electrons. The lowest BCUT2D eigenvalue weighted by atomic mass is 9.85. The summed E-state index contributed by atoms with van der Waals surface area (Å²) >= 11 is 0. The van der Waals surface area contributed by atoms with Crippen LogP contribution in [0.5, 0.6) is 0 Å². The first-order valence-corrected chi connectivity index (χ1v) is 5.39. The van der Waals surface area contributed by atoms with Gasteiger partial charge in [0.1, 0.15) is 0 Å². The molecule has 1 aromatic heterocycles. The highest BCUT2D eigenvalue weighted by Crippen LogP contribution is 2.37. The molecule has 0 spiro atoms. The molecule has 0 atom stereocenters. The number of aromatic nitrogens is 1. The van der Waals surface area contributed by atoms with Crippen LogP contribution < -0.4 is 0 Å². The minimum absolute atomic E-state index is 1.19. The fourth-order valence-corrected chi connectivity index (χ4v) is 2.18. The Hall–Kier alpha value is -1.63. The fourth-order valence-electron chi connectivity index (χ4n) is 2.18. The van der Waals surface area contributed by atoms with Gasteiger partial charge in [-0.3, -0.25) is 4.98 Å². The Kier molecular flexibility index (Phi) is 1.84. The van der Waals surface area contributed by atoms with E-state index in [0.29, 0.717) is 0 Å². The Morgan fingerprint density at radius 2 is 1.93 bits per heavy atom. The molecule has 1 aliphatic rings. The van der Waals surface area contributed by atoms with Crippen molar-refractivity contribution in [3.05, 3.63) is 47.8 Å². The van der Waals surface area contributed by atoms with Crippen molar-refractivity contribution < 1.29 is 0 Å². The first-order valence-electron chi connectivity index (χ1n) is 5.39. The maximum atomic E-state index is 4.52. The van der Waals surface area contributed by atoms with E-state index < -0.39 is 0 Å². The van der Waals surface area contributed by atoms with Crippen molar-refractivity contribution in [2.75, 3.05) is 0 Å². The summed E-state index contributed by atoms with van der Waals surface area (Å²) in [6.45, 7) is 2.21. The maximum absolute atomic E-state index is 4.52. The second-order valence-corrected chi connectivity index (χ2v) is 4.14. The second-order valence-electron chi connectivity index (χ2n) is 4.14. The number of fused-ring (bicyclic) bond motifs is 1. The Bertz CT molecular complexity index is 547. The highest BCUT2D eigenvalue weighted by molar-refractivity contribution is 5.93. The topological polar surface area (TPSA) is 12.9 Å². The van der Waals surface area contributed by atoms with Crippen molar-refractivity contribution in [3.8, 4) is 0 Å². The van der Waals surface area contributed by atoms with Gasteiger partial charge in [0.05, 0.1) is 5.69 Å². The highest BCUT2D eigenvalue weighted by atomic mass is 14.7. The average Bonchev–Trinajstić information content (AvgIpc) is 2.28. The number of benzene rings is 1. The van der Waals surface area contributed by atoms with E-state index in [1.54, 1.807) is 0 Å². The number of rotatable bonds is 1. The summed E-state index contributed by atoms with van der Waals surface area (Å²) in [5, 5.41) is 2.57. The van der Waals surface area contributed by atoms with E-state index in [9.17, 15) is 0 Å². The van der Waals surface area contributed by atoms with Crippen LogP contribution in [-0.4, -0.2) is 4.98 Å². The second kappa shape index (κ2) is 3.20. The van der Waals surface area contributed by atoms with Crippen LogP contribution >= 0.6 is 0 Å². The number of nitrogens with zero attached hydrogens (tertiary/aromatic N) is 1. The SMILES string of the molecule is CC1=C(c2nccc3ccccc23)CC1. The molecule has 0 amide bonds. The zero-order chi connectivity index (χ0) is 10.3. The van der Waals surface area contributed by atoms with Crippen molar-refractivity contribution in [1.29, 1.82) is 0 Å². The van der Waals surface area contributed by atoms with E-state index >= 15 is 0 Å². The summed E-state index contributed by atoms with van der Waals surface area (Å²) in [6, 6.07) is 10.6. The van der Waals surface area contributed by atoms with Gasteiger partial charge in [-0.15, -0.1) is 0 Å². The molecule has 1 nitrogen and oxygen atoms in total. The predicted octanol–water partition coefficient (Wildman–Crippen LogP) is 3.80. The average molecular weight is 195 g/mol. The van der Waals surface area contributed by atoms with Gasteiger partial charge in [0.15, 0.2) is 0 Å². The minimum Gasteiger partial charge on any atom is -0.256 e. The van der Waals surface area contributed by atoms with Crippen LogP contribution in [0.4, 0.5) is 0 Å². The zero-order valence-electron chi connectivity index (χ0n) is 8.83. The number of hydrogen-bond donors (Lipinski definition) is 0. The number of allylic oxidation sites excluding steroid dienone is 2. The van der Waals surface area contributed by atoms with Crippen LogP contribution in [0.2, 0.25) is 0 Å². The molecular weight excluding hydrogens is 182 g/mol. The van der Waals surface area contributed by atoms with Gasteiger partial charge in [0.25, 0.3) is 0 Å². The third-order valence-electron chi connectivity index (χ3n) is 3.22. The molecule has 0 unspecified atom stereocenters. The molecule has 2 aromatic rings. The Morgan fingerprint density at radius 3 is 2.67 bits per heavy atom. The molecule has 3 rings (SSSR count). The van der Waals surface area contributed by atoms with Crippen molar-refractivity contribution >= 4 is 16.3 Å². The molecule has 0 bridgehead atoms. The van der Waals surface area contributed by atoms with Crippen molar-refractivity contribution in [2.45, 2.75) is 19.8 Å². The highest BCUT2D eigenvalue weighted by Gasteiger charge is 2.17. The first kappa shape index (κ1) is 8.66. The van der Waals surface area contributed by atoms with Crippen molar-refractivity contribution in [3.63, 3.8) is 0 Å². The van der Waals surface area contributed by atoms with Gasteiger partial charge in [0.2, 0.25) is 0 Å². The third-order valence-corrected chi connectivity index (χ3v) is 3.22. The normalized spacial score (nSPS) is 15.5. The molecule has 0 fully saturated rings. The van der Waals surface area contributed by atoms with Gasteiger partial charge >= 0.3 is 0 Å². The lowest BCUT2D eigenvalue weighted by molar-refractivity contribution is 0.895. The largest absolute Gasteiger partial charge is 0.256 e. The van der Waals surface area contributed by atoms with Crippen LogP contribution in [0.25, 0.3) is 16.3 Å². The van der Waals surface area contributed by atoms with Crippen LogP contribution in [0.1, 0.15) is 25.5 Å². The van der Waals surface area contributed by atoms with Gasteiger partial charge in [-0.05, 0) is 36.8 Å². The number of pyridine rings is 1. The van der Waals surface area contributed by atoms with Crippen molar-refractivity contribution in [1.82, 2.24) is 4.98 Å². The van der Waals surface area contributed by atoms with E-state index in [2.05, 4.69) is 42.2 Å². The molecule has 1 heterocycles. The Balaban J connectivity index is 2.31. The summed E-state index contributed by atoms with van der Waals surface area (Å²) in [4.78, 5) is 4.52. The van der Waals surface area contributed by atoms with E-state index in [1.165, 1.54) is 40.5 Å². The smallest absolute Gasteiger partial charge is 0.0739 e. The fraction of sp³-hybridized carbons (Fsp3) is 0.214. The van der Waals surface area contributed by atoms with Gasteiger partial charge < -0.3 is 0 Å². The third kappa shape index (κ3) is 1.27. The first-order chi connectivity index (χ1) is 7.36. The van der Waals surface area contributed by atoms with E-state index in [0.717, 1.165) is 0 Å². The standard InChI is InChI=1S/C14H13N/c1-10-6-7-12(10)14-13-5-3-2-4-11(13)8-9-15-14/h2-5,8-9H,6-7H2,1H3. The van der Waals surface area contributed by atoms with Crippen molar-refractivity contribution in [2.24, 2.45) is 0 Å². The summed E-state index contributed by atoms with van der Waals surface area (Å²) in [7, 11) is 0. The van der Waals surface area contributed by atoms with Crippen LogP contribution in [0, 0.1) is 0 Å². The maximum Gasteiger partial charge on any atom is 0.0739 e. The number of hydrogen-bond acceptors (Lipinski definition) is 1. The van der Waals surface area contributed by atoms with Gasteiger partial charge in [-0.25, -0.2) is 0 Å². The van der Waals surface area contributed by atoms with Gasteiger partial charge in [-0.1, -0.05) is 29.8 Å². The Morgan fingerprint density at radius 1 is 1.07 bits per heavy atom. The molecule has 0 aliphatic heterocycles. The van der Waals surface area contributed by atoms with Crippen LogP contribution in [-0.2, 0) is 0 Å². The molecule has 1 aliphatic carbocycles. The summed E-state index contributed by atoms with van der Waals surface area (Å²) in [5.41, 5.74) is 4.14. The van der Waals surface area contributed by atoms with Gasteiger partial charge in [-0.2, -0.15) is 0 Å². The molecule has 15 heavy (non-hydrogen) atoms. The molecule has 0 radical (unpaired) electrons. The van der Waals surface area contributed by atoms with Crippen LogP contribution in [0.15, 0.2) is 42.1 Å². The molecule has 0 saturated heterocycles. The summed E-state index contributed by atoms with van der Waals surface area (Å²) < 4.78 is 0. The molecular formula is C14H13N. The van der Waals surface area contributed by atoms with E-state index in [1.807, 2.05) is 6.20 Å². The predicted molar refractivity (Wildman–Crippen MR) is 63.6 cm³/mol. The Labute approximate surface area is 89.5 Å². The zero-order valence-corrected chi connectivity index (χ0v) is 8.83. The summed E-state index contributed by atoms with van der Waals surface area (Å²) in [6.07, 6.45) is 4.34. The van der Waals surface area contributed by atoms with Crippen LogP contribution in [0.3, 0.4) is 0 Å². The molecule has 1 heteroatoms. The monoisotopic (exact) mass is 195 g/mol. The lowest BCUT2D eigenvalue weighted by Gasteiger charge is -2.21. The molecule has 0 saturated carbocycles. The quantitative estimate of drug-likeness (QED) is 0.674. The molecule has 0 N–H and O–H groups in total. The summed E-state index contributed by atoms with van der Waals surface area (Å²) in [5.74, 6) is 0. The molecule has 1 aromatic carbocycles. The van der Waals surface area contributed by atoms with E-state index in [-0.39, 0.29) is 0 Å². The van der Waals surface area contributed by atoms with E-state index in [4.69, 9.17) is 0 Å². The minimum atomic E-state index is 1.19.